The summed E-state index contributed by atoms with van der Waals surface area (Å²) in [6, 6.07) is 35.4. The SMILES string of the molecule is Cc1c(-c2ccccc2)sc2cc(-c3nccc4c[c]([Ge]([CH3])([CH3])[CH3])ccc34)cc(-c3ccccc3)c12. The second kappa shape index (κ2) is 9.03. The molecule has 0 unspecified atom stereocenters. The quantitative estimate of drug-likeness (QED) is 0.202. The Hall–Kier alpha value is -3.21. The Morgan fingerprint density at radius 2 is 1.39 bits per heavy atom. The summed E-state index contributed by atoms with van der Waals surface area (Å²) in [5.41, 5.74) is 7.39. The zero-order valence-corrected chi connectivity index (χ0v) is 24.1. The first-order valence-corrected chi connectivity index (χ1v) is 20.6. The van der Waals surface area contributed by atoms with Crippen LogP contribution in [0.25, 0.3) is 53.7 Å². The number of aryl methyl sites for hydroxylation is 1. The fourth-order valence-corrected chi connectivity index (χ4v) is 8.84. The van der Waals surface area contributed by atoms with Crippen LogP contribution >= 0.6 is 11.3 Å². The van der Waals surface area contributed by atoms with Crippen LogP contribution in [-0.2, 0) is 0 Å². The molecule has 0 aliphatic rings. The van der Waals surface area contributed by atoms with Gasteiger partial charge in [0.25, 0.3) is 0 Å². The molecule has 6 aromatic rings. The van der Waals surface area contributed by atoms with E-state index in [1.54, 1.807) is 0 Å². The zero-order chi connectivity index (χ0) is 24.9. The molecule has 0 spiro atoms. The van der Waals surface area contributed by atoms with Gasteiger partial charge in [-0.1, -0.05) is 18.2 Å². The number of nitrogens with zero attached hydrogens (tertiary/aromatic N) is 1. The molecular formula is C33H29GeNS. The van der Waals surface area contributed by atoms with E-state index in [1.165, 1.54) is 57.9 Å². The van der Waals surface area contributed by atoms with Crippen LogP contribution in [0.5, 0.6) is 0 Å². The van der Waals surface area contributed by atoms with Gasteiger partial charge in [-0.3, -0.25) is 0 Å². The number of thiophene rings is 1. The predicted octanol–water partition coefficient (Wildman–Crippen LogP) is 9.30. The second-order valence-electron chi connectivity index (χ2n) is 10.5. The summed E-state index contributed by atoms with van der Waals surface area (Å²) >= 11 is -0.0310. The van der Waals surface area contributed by atoms with Crippen molar-refractivity contribution in [3.8, 4) is 32.8 Å². The van der Waals surface area contributed by atoms with Crippen LogP contribution in [-0.4, -0.2) is 18.3 Å². The summed E-state index contributed by atoms with van der Waals surface area (Å²) in [5, 5.41) is 3.85. The summed E-state index contributed by atoms with van der Waals surface area (Å²) in [4.78, 5) is 6.26. The van der Waals surface area contributed by atoms with Gasteiger partial charge in [-0.2, -0.15) is 0 Å². The van der Waals surface area contributed by atoms with Crippen molar-refractivity contribution in [1.29, 1.82) is 0 Å². The molecule has 4 aromatic carbocycles. The molecule has 36 heavy (non-hydrogen) atoms. The first kappa shape index (κ1) is 23.2. The van der Waals surface area contributed by atoms with E-state index >= 15 is 0 Å². The topological polar surface area (TPSA) is 12.9 Å². The van der Waals surface area contributed by atoms with Gasteiger partial charge < -0.3 is 0 Å². The van der Waals surface area contributed by atoms with Crippen LogP contribution in [0.1, 0.15) is 5.56 Å². The van der Waals surface area contributed by atoms with Crippen LogP contribution in [0, 0.1) is 6.92 Å². The van der Waals surface area contributed by atoms with Gasteiger partial charge in [-0.15, -0.1) is 0 Å². The minimum atomic E-state index is -1.92. The van der Waals surface area contributed by atoms with Crippen molar-refractivity contribution in [3.63, 3.8) is 0 Å². The van der Waals surface area contributed by atoms with E-state index < -0.39 is 13.3 Å². The van der Waals surface area contributed by atoms with E-state index in [1.807, 2.05) is 17.5 Å². The first-order valence-electron chi connectivity index (χ1n) is 12.5. The molecule has 6 rings (SSSR count). The maximum atomic E-state index is 4.92. The number of aromatic nitrogens is 1. The molecule has 0 amide bonds. The third kappa shape index (κ3) is 4.09. The Labute approximate surface area is 219 Å². The average Bonchev–Trinajstić information content (AvgIpc) is 3.24. The fourth-order valence-electron chi connectivity index (χ4n) is 5.10. The van der Waals surface area contributed by atoms with Crippen LogP contribution < -0.4 is 4.40 Å². The molecule has 0 N–H and O–H groups in total. The number of rotatable bonds is 4. The van der Waals surface area contributed by atoms with Crippen molar-refractivity contribution < 1.29 is 0 Å². The number of benzene rings is 4. The molecule has 0 atom stereocenters. The Morgan fingerprint density at radius 1 is 0.694 bits per heavy atom. The van der Waals surface area contributed by atoms with Crippen molar-refractivity contribution in [1.82, 2.24) is 4.98 Å². The van der Waals surface area contributed by atoms with Crippen molar-refractivity contribution in [2.24, 2.45) is 0 Å². The van der Waals surface area contributed by atoms with E-state index in [2.05, 4.69) is 121 Å². The molecule has 0 saturated carbocycles. The standard InChI is InChI=1S/C33H29GeNS/c1-22-31-29(23-11-7-5-8-12-23)20-26(21-30(31)36-33(22)24-13-9-6-10-14-24)32-28-16-15-27(34(2,3)4)19-25(28)17-18-35-32/h5-21H,1-4H3. The van der Waals surface area contributed by atoms with Gasteiger partial charge in [0.15, 0.2) is 0 Å². The molecule has 176 valence electrons. The monoisotopic (exact) mass is 545 g/mol. The first-order chi connectivity index (χ1) is 17.4. The Balaban J connectivity index is 1.63. The molecule has 0 bridgehead atoms. The molecular weight excluding hydrogens is 515 g/mol. The number of hydrogen-bond acceptors (Lipinski definition) is 2. The third-order valence-electron chi connectivity index (χ3n) is 7.05. The van der Waals surface area contributed by atoms with E-state index in [4.69, 9.17) is 4.98 Å². The van der Waals surface area contributed by atoms with Gasteiger partial charge in [-0.25, -0.2) is 0 Å². The van der Waals surface area contributed by atoms with Crippen molar-refractivity contribution in [3.05, 3.63) is 109 Å². The van der Waals surface area contributed by atoms with E-state index in [0.717, 1.165) is 5.69 Å². The van der Waals surface area contributed by atoms with E-state index in [0.29, 0.717) is 0 Å². The van der Waals surface area contributed by atoms with Gasteiger partial charge >= 0.3 is 202 Å². The summed E-state index contributed by atoms with van der Waals surface area (Å²) in [5.74, 6) is 7.35. The molecule has 2 aromatic heterocycles. The van der Waals surface area contributed by atoms with Gasteiger partial charge in [-0.05, 0) is 0 Å². The normalized spacial score (nSPS) is 11.9. The zero-order valence-electron chi connectivity index (χ0n) is 21.2. The van der Waals surface area contributed by atoms with Crippen molar-refractivity contribution in [2.75, 3.05) is 0 Å². The molecule has 2 heterocycles. The molecule has 0 fully saturated rings. The maximum absolute atomic E-state index is 4.92. The van der Waals surface area contributed by atoms with Crippen LogP contribution in [0.15, 0.2) is 103 Å². The van der Waals surface area contributed by atoms with Crippen molar-refractivity contribution >= 4 is 49.9 Å². The van der Waals surface area contributed by atoms with E-state index in [9.17, 15) is 0 Å². The Bertz CT molecular complexity index is 1710. The fraction of sp³-hybridized carbons (Fsp3) is 0.121. The van der Waals surface area contributed by atoms with Gasteiger partial charge in [0.2, 0.25) is 0 Å². The Morgan fingerprint density at radius 3 is 2.08 bits per heavy atom. The molecule has 0 radical (unpaired) electrons. The van der Waals surface area contributed by atoms with Gasteiger partial charge in [0.1, 0.15) is 0 Å². The number of hydrogen-bond donors (Lipinski definition) is 0. The summed E-state index contributed by atoms with van der Waals surface area (Å²) in [7, 11) is 0. The summed E-state index contributed by atoms with van der Waals surface area (Å²) in [6.45, 7) is 2.27. The van der Waals surface area contributed by atoms with Gasteiger partial charge in [0, 0.05) is 0 Å². The third-order valence-corrected chi connectivity index (χ3v) is 12.6. The molecule has 0 saturated heterocycles. The minimum absolute atomic E-state index is 1.06. The van der Waals surface area contributed by atoms with Gasteiger partial charge in [0.05, 0.1) is 0 Å². The second-order valence-corrected chi connectivity index (χ2v) is 22.2. The molecule has 0 aliphatic carbocycles. The summed E-state index contributed by atoms with van der Waals surface area (Å²) < 4.78 is 2.84. The van der Waals surface area contributed by atoms with E-state index in [-0.39, 0.29) is 0 Å². The number of fused-ring (bicyclic) bond motifs is 2. The average molecular weight is 544 g/mol. The van der Waals surface area contributed by atoms with Crippen LogP contribution in [0.2, 0.25) is 17.3 Å². The molecule has 1 nitrogen and oxygen atoms in total. The molecule has 3 heteroatoms. The predicted molar refractivity (Wildman–Crippen MR) is 161 cm³/mol. The van der Waals surface area contributed by atoms with Crippen molar-refractivity contribution in [2.45, 2.75) is 24.2 Å². The summed E-state index contributed by atoms with van der Waals surface area (Å²) in [6.07, 6.45) is 1.97. The number of pyridine rings is 1. The van der Waals surface area contributed by atoms with Crippen LogP contribution in [0.4, 0.5) is 0 Å². The Kier molecular flexibility index (Phi) is 5.82. The molecule has 0 aliphatic heterocycles. The van der Waals surface area contributed by atoms with Crippen LogP contribution in [0.3, 0.4) is 0 Å².